The fourth-order valence-corrected chi connectivity index (χ4v) is 2.41. The summed E-state index contributed by atoms with van der Waals surface area (Å²) in [4.78, 5) is 0. The number of hydrogen-bond donors (Lipinski definition) is 0. The van der Waals surface area contributed by atoms with Crippen LogP contribution in [0.4, 0.5) is 0 Å². The van der Waals surface area contributed by atoms with E-state index in [-0.39, 0.29) is 0 Å². The highest BCUT2D eigenvalue weighted by Crippen LogP contribution is 2.39. The van der Waals surface area contributed by atoms with E-state index < -0.39 is 0 Å². The lowest BCUT2D eigenvalue weighted by molar-refractivity contribution is 0.250. The fourth-order valence-electron chi connectivity index (χ4n) is 2.41. The van der Waals surface area contributed by atoms with Gasteiger partial charge in [0.2, 0.25) is 0 Å². The standard InChI is InChI=1S/C10H16/c1-2-6-10-8-4-3-7-9(10)5-1/h1,8-10H,2-7H2. The van der Waals surface area contributed by atoms with Crippen LogP contribution in [0.1, 0.15) is 38.5 Å². The van der Waals surface area contributed by atoms with Crippen LogP contribution < -0.4 is 0 Å². The Labute approximate surface area is 64.0 Å². The lowest BCUT2D eigenvalue weighted by Crippen LogP contribution is -2.23. The van der Waals surface area contributed by atoms with Gasteiger partial charge >= 0.3 is 0 Å². The van der Waals surface area contributed by atoms with E-state index in [2.05, 4.69) is 12.8 Å². The average Bonchev–Trinajstić information content (AvgIpc) is 2.05. The van der Waals surface area contributed by atoms with Gasteiger partial charge in [-0.2, -0.15) is 0 Å². The Morgan fingerprint density at radius 1 is 1.10 bits per heavy atom. The summed E-state index contributed by atoms with van der Waals surface area (Å²) < 4.78 is 0. The van der Waals surface area contributed by atoms with Crippen LogP contribution in [0.15, 0.2) is 0 Å². The Bertz CT molecular complexity index is 80.6. The third-order valence-electron chi connectivity index (χ3n) is 3.03. The van der Waals surface area contributed by atoms with E-state index in [1.807, 2.05) is 0 Å². The lowest BCUT2D eigenvalue weighted by Gasteiger charge is -2.34. The molecular formula is C10H16. The Kier molecular flexibility index (Phi) is 1.97. The van der Waals surface area contributed by atoms with Crippen molar-refractivity contribution in [3.63, 3.8) is 0 Å². The van der Waals surface area contributed by atoms with Gasteiger partial charge in [0.1, 0.15) is 0 Å². The van der Waals surface area contributed by atoms with E-state index in [1.54, 1.807) is 0 Å². The van der Waals surface area contributed by atoms with Gasteiger partial charge in [-0.15, -0.1) is 0 Å². The molecule has 0 saturated heterocycles. The first-order chi connectivity index (χ1) is 4.97. The summed E-state index contributed by atoms with van der Waals surface area (Å²) in [5.41, 5.74) is 0. The molecule has 56 valence electrons. The van der Waals surface area contributed by atoms with E-state index in [0.29, 0.717) is 0 Å². The first-order valence-electron chi connectivity index (χ1n) is 4.62. The molecule has 0 nitrogen and oxygen atoms in total. The zero-order valence-electron chi connectivity index (χ0n) is 6.55. The maximum atomic E-state index is 2.57. The second-order valence-electron chi connectivity index (χ2n) is 3.69. The molecule has 0 amide bonds. The first kappa shape index (κ1) is 6.69. The van der Waals surface area contributed by atoms with Crippen molar-refractivity contribution in [3.05, 3.63) is 12.8 Å². The van der Waals surface area contributed by atoms with Crippen molar-refractivity contribution in [1.82, 2.24) is 0 Å². The van der Waals surface area contributed by atoms with Crippen molar-refractivity contribution in [3.8, 4) is 0 Å². The minimum atomic E-state index is 0.999. The van der Waals surface area contributed by atoms with E-state index in [0.717, 1.165) is 11.8 Å². The highest BCUT2D eigenvalue weighted by Gasteiger charge is 2.27. The minimum Gasteiger partial charge on any atom is -0.0527 e. The Balaban J connectivity index is 1.93. The molecule has 2 aliphatic carbocycles. The highest BCUT2D eigenvalue weighted by atomic mass is 14.3. The summed E-state index contributed by atoms with van der Waals surface area (Å²) >= 11 is 0. The molecule has 0 aliphatic heterocycles. The molecule has 0 spiro atoms. The molecule has 2 unspecified atom stereocenters. The SMILES string of the molecule is [CH]1CCC2[CH]CCCC2C1. The second kappa shape index (κ2) is 2.94. The predicted molar refractivity (Wildman–Crippen MR) is 43.3 cm³/mol. The largest absolute Gasteiger partial charge is 0.0527 e. The molecular weight excluding hydrogens is 120 g/mol. The Hall–Kier alpha value is 0. The van der Waals surface area contributed by atoms with E-state index in [1.165, 1.54) is 38.5 Å². The molecule has 0 heteroatoms. The minimum absolute atomic E-state index is 0.999. The fraction of sp³-hybridized carbons (Fsp3) is 0.800. The molecule has 2 fully saturated rings. The topological polar surface area (TPSA) is 0 Å². The molecule has 2 saturated carbocycles. The normalized spacial score (nSPS) is 40.8. The van der Waals surface area contributed by atoms with Crippen LogP contribution in [0.3, 0.4) is 0 Å². The molecule has 0 bridgehead atoms. The quantitative estimate of drug-likeness (QED) is 0.480. The molecule has 0 aromatic carbocycles. The van der Waals surface area contributed by atoms with Crippen molar-refractivity contribution >= 4 is 0 Å². The molecule has 0 heterocycles. The molecule has 2 aliphatic rings. The van der Waals surface area contributed by atoms with Crippen LogP contribution in [-0.2, 0) is 0 Å². The van der Waals surface area contributed by atoms with Crippen LogP contribution >= 0.6 is 0 Å². The maximum absolute atomic E-state index is 2.57. The molecule has 0 N–H and O–H groups in total. The van der Waals surface area contributed by atoms with Crippen LogP contribution in [0, 0.1) is 24.7 Å². The van der Waals surface area contributed by atoms with Crippen molar-refractivity contribution in [2.45, 2.75) is 38.5 Å². The first-order valence-corrected chi connectivity index (χ1v) is 4.62. The van der Waals surface area contributed by atoms with E-state index in [4.69, 9.17) is 0 Å². The third-order valence-corrected chi connectivity index (χ3v) is 3.03. The summed E-state index contributed by atoms with van der Waals surface area (Å²) in [6.45, 7) is 0. The smallest absolute Gasteiger partial charge is 0.0352 e. The predicted octanol–water partition coefficient (Wildman–Crippen LogP) is 3.00. The van der Waals surface area contributed by atoms with Gasteiger partial charge in [0.15, 0.2) is 0 Å². The van der Waals surface area contributed by atoms with Crippen LogP contribution in [0.5, 0.6) is 0 Å². The van der Waals surface area contributed by atoms with Crippen molar-refractivity contribution in [1.29, 1.82) is 0 Å². The number of rotatable bonds is 0. The van der Waals surface area contributed by atoms with Gasteiger partial charge in [0.05, 0.1) is 0 Å². The summed E-state index contributed by atoms with van der Waals surface area (Å²) in [5.74, 6) is 2.04. The summed E-state index contributed by atoms with van der Waals surface area (Å²) in [6.07, 6.45) is 13.6. The van der Waals surface area contributed by atoms with Gasteiger partial charge in [-0.1, -0.05) is 12.8 Å². The van der Waals surface area contributed by atoms with Crippen molar-refractivity contribution in [2.75, 3.05) is 0 Å². The van der Waals surface area contributed by atoms with Crippen LogP contribution in [0.25, 0.3) is 0 Å². The Morgan fingerprint density at radius 2 is 2.10 bits per heavy atom. The molecule has 2 radical (unpaired) electrons. The van der Waals surface area contributed by atoms with Crippen LogP contribution in [0.2, 0.25) is 0 Å². The second-order valence-corrected chi connectivity index (χ2v) is 3.69. The van der Waals surface area contributed by atoms with Crippen LogP contribution in [-0.4, -0.2) is 0 Å². The maximum Gasteiger partial charge on any atom is -0.0352 e. The van der Waals surface area contributed by atoms with E-state index in [9.17, 15) is 0 Å². The average molecular weight is 136 g/mol. The third kappa shape index (κ3) is 1.21. The van der Waals surface area contributed by atoms with Gasteiger partial charge < -0.3 is 0 Å². The van der Waals surface area contributed by atoms with Gasteiger partial charge in [0, 0.05) is 0 Å². The summed E-state index contributed by atoms with van der Waals surface area (Å²) in [5, 5.41) is 0. The Morgan fingerprint density at radius 3 is 3.00 bits per heavy atom. The van der Waals surface area contributed by atoms with Crippen molar-refractivity contribution < 1.29 is 0 Å². The van der Waals surface area contributed by atoms with Gasteiger partial charge in [-0.05, 0) is 50.4 Å². The van der Waals surface area contributed by atoms with Gasteiger partial charge in [-0.25, -0.2) is 0 Å². The summed E-state index contributed by atoms with van der Waals surface area (Å²) in [6, 6.07) is 0. The van der Waals surface area contributed by atoms with Gasteiger partial charge in [0.25, 0.3) is 0 Å². The lowest BCUT2D eigenvalue weighted by atomic mass is 9.71. The molecule has 0 aromatic heterocycles. The van der Waals surface area contributed by atoms with E-state index >= 15 is 0 Å². The number of hydrogen-bond acceptors (Lipinski definition) is 0. The summed E-state index contributed by atoms with van der Waals surface area (Å²) in [7, 11) is 0. The zero-order chi connectivity index (χ0) is 6.81. The molecule has 0 aromatic rings. The zero-order valence-corrected chi connectivity index (χ0v) is 6.55. The molecule has 2 rings (SSSR count). The number of fused-ring (bicyclic) bond motifs is 1. The molecule has 10 heavy (non-hydrogen) atoms. The monoisotopic (exact) mass is 136 g/mol. The molecule has 2 atom stereocenters. The highest BCUT2D eigenvalue weighted by molar-refractivity contribution is 4.93. The van der Waals surface area contributed by atoms with Crippen molar-refractivity contribution in [2.24, 2.45) is 11.8 Å². The van der Waals surface area contributed by atoms with Gasteiger partial charge in [-0.3, -0.25) is 0 Å².